The van der Waals surface area contributed by atoms with Gasteiger partial charge in [0.1, 0.15) is 18.1 Å². The number of benzene rings is 2. The highest BCUT2D eigenvalue weighted by Gasteiger charge is 2.07. The zero-order valence-corrected chi connectivity index (χ0v) is 20.0. The molecule has 0 saturated heterocycles. The molecule has 2 aromatic carbocycles. The number of rotatable bonds is 13. The molecule has 0 spiro atoms. The van der Waals surface area contributed by atoms with Crippen LogP contribution in [0, 0.1) is 0 Å². The Kier molecular flexibility index (Phi) is 9.52. The number of hydrogen-bond acceptors (Lipinski definition) is 7. The molecule has 8 nitrogen and oxygen atoms in total. The van der Waals surface area contributed by atoms with Crippen molar-refractivity contribution in [3.63, 3.8) is 0 Å². The van der Waals surface area contributed by atoms with Crippen LogP contribution in [-0.4, -0.2) is 55.6 Å². The second kappa shape index (κ2) is 13.0. The first-order valence-corrected chi connectivity index (χ1v) is 11.6. The number of carbonyl (C=O) groups is 1. The minimum Gasteiger partial charge on any atom is -0.494 e. The van der Waals surface area contributed by atoms with Crippen molar-refractivity contribution in [1.82, 2.24) is 15.5 Å². The number of carbonyl (C=O) groups excluding carboxylic acids is 1. The first kappa shape index (κ1) is 24.8. The number of nitrogens with one attached hydrogen (secondary N) is 1. The Morgan fingerprint density at radius 2 is 1.68 bits per heavy atom. The van der Waals surface area contributed by atoms with E-state index in [4.69, 9.17) is 14.2 Å². The summed E-state index contributed by atoms with van der Waals surface area (Å²) in [7, 11) is 0. The molecular formula is C26H32N4O4. The highest BCUT2D eigenvalue weighted by molar-refractivity contribution is 5.77. The highest BCUT2D eigenvalue weighted by atomic mass is 16.5. The Balaban J connectivity index is 1.38. The van der Waals surface area contributed by atoms with Gasteiger partial charge in [0.15, 0.2) is 6.61 Å². The van der Waals surface area contributed by atoms with Gasteiger partial charge in [-0.25, -0.2) is 0 Å². The molecule has 1 N–H and O–H groups in total. The van der Waals surface area contributed by atoms with Crippen molar-refractivity contribution in [2.75, 3.05) is 44.4 Å². The first-order chi connectivity index (χ1) is 16.6. The molecule has 34 heavy (non-hydrogen) atoms. The lowest BCUT2D eigenvalue weighted by molar-refractivity contribution is -0.123. The Morgan fingerprint density at radius 3 is 2.35 bits per heavy atom. The Bertz CT molecular complexity index is 1020. The summed E-state index contributed by atoms with van der Waals surface area (Å²) in [6.45, 7) is 9.17. The molecule has 0 bridgehead atoms. The lowest BCUT2D eigenvalue weighted by Gasteiger charge is -2.21. The van der Waals surface area contributed by atoms with Gasteiger partial charge in [-0.1, -0.05) is 6.07 Å². The molecule has 180 valence electrons. The molecule has 3 rings (SSSR count). The van der Waals surface area contributed by atoms with Crippen molar-refractivity contribution >= 4 is 11.6 Å². The molecule has 0 fully saturated rings. The van der Waals surface area contributed by atoms with Gasteiger partial charge in [0.2, 0.25) is 5.88 Å². The molecule has 1 amide bonds. The van der Waals surface area contributed by atoms with Crippen LogP contribution in [0.3, 0.4) is 0 Å². The van der Waals surface area contributed by atoms with Crippen molar-refractivity contribution in [3.8, 4) is 28.6 Å². The molecule has 0 saturated carbocycles. The van der Waals surface area contributed by atoms with Crippen molar-refractivity contribution in [1.29, 1.82) is 0 Å². The Labute approximate surface area is 200 Å². The van der Waals surface area contributed by atoms with Crippen LogP contribution in [0.15, 0.2) is 60.7 Å². The fraction of sp³-hybridized carbons (Fsp3) is 0.346. The third kappa shape index (κ3) is 7.37. The monoisotopic (exact) mass is 464 g/mol. The second-order valence-corrected chi connectivity index (χ2v) is 7.37. The van der Waals surface area contributed by atoms with E-state index >= 15 is 0 Å². The lowest BCUT2D eigenvalue weighted by Crippen LogP contribution is -2.32. The normalized spacial score (nSPS) is 10.4. The van der Waals surface area contributed by atoms with Gasteiger partial charge in [0.25, 0.3) is 5.91 Å². The molecule has 0 atom stereocenters. The molecule has 3 aromatic rings. The SMILES string of the molecule is CCOc1ccc(-c2ccc(OCCNC(=O)COc3cccc(N(CC)CC)c3)nn2)cc1. The van der Waals surface area contributed by atoms with Gasteiger partial charge in [0, 0.05) is 36.5 Å². The molecule has 8 heteroatoms. The number of aromatic nitrogens is 2. The minimum atomic E-state index is -0.214. The zero-order chi connectivity index (χ0) is 24.2. The summed E-state index contributed by atoms with van der Waals surface area (Å²) in [5.74, 6) is 1.67. The predicted octanol–water partition coefficient (Wildman–Crippen LogP) is 3.96. The van der Waals surface area contributed by atoms with E-state index in [1.807, 2.05) is 61.5 Å². The van der Waals surface area contributed by atoms with Crippen molar-refractivity contribution in [2.45, 2.75) is 20.8 Å². The fourth-order valence-electron chi connectivity index (χ4n) is 3.34. The summed E-state index contributed by atoms with van der Waals surface area (Å²) in [6, 6.07) is 19.0. The maximum atomic E-state index is 12.1. The van der Waals surface area contributed by atoms with E-state index in [1.54, 1.807) is 6.07 Å². The van der Waals surface area contributed by atoms with Crippen LogP contribution >= 0.6 is 0 Å². The van der Waals surface area contributed by atoms with Crippen LogP contribution < -0.4 is 24.4 Å². The van der Waals surface area contributed by atoms with Gasteiger partial charge in [-0.3, -0.25) is 4.79 Å². The maximum absolute atomic E-state index is 12.1. The van der Waals surface area contributed by atoms with Crippen molar-refractivity contribution in [2.24, 2.45) is 0 Å². The first-order valence-electron chi connectivity index (χ1n) is 11.6. The molecular weight excluding hydrogens is 432 g/mol. The topological polar surface area (TPSA) is 85.8 Å². The van der Waals surface area contributed by atoms with Crippen LogP contribution in [0.2, 0.25) is 0 Å². The van der Waals surface area contributed by atoms with Crippen LogP contribution in [0.25, 0.3) is 11.3 Å². The maximum Gasteiger partial charge on any atom is 0.258 e. The molecule has 0 aliphatic rings. The van der Waals surface area contributed by atoms with E-state index in [0.29, 0.717) is 24.8 Å². The van der Waals surface area contributed by atoms with E-state index in [1.165, 1.54) is 0 Å². The van der Waals surface area contributed by atoms with Crippen molar-refractivity contribution < 1.29 is 19.0 Å². The smallest absolute Gasteiger partial charge is 0.258 e. The van der Waals surface area contributed by atoms with Crippen LogP contribution in [0.4, 0.5) is 5.69 Å². The van der Waals surface area contributed by atoms with Gasteiger partial charge in [-0.05, 0) is 63.2 Å². The summed E-state index contributed by atoms with van der Waals surface area (Å²) >= 11 is 0. The summed E-state index contributed by atoms with van der Waals surface area (Å²) in [5, 5.41) is 11.1. The summed E-state index contributed by atoms with van der Waals surface area (Å²) in [6.07, 6.45) is 0. The number of anilines is 1. The van der Waals surface area contributed by atoms with Gasteiger partial charge in [0.05, 0.1) is 18.8 Å². The third-order valence-corrected chi connectivity index (χ3v) is 5.09. The number of ether oxygens (including phenoxy) is 3. The second-order valence-electron chi connectivity index (χ2n) is 7.37. The molecule has 1 heterocycles. The van der Waals surface area contributed by atoms with Crippen molar-refractivity contribution in [3.05, 3.63) is 60.7 Å². The van der Waals surface area contributed by atoms with Gasteiger partial charge < -0.3 is 24.4 Å². The summed E-state index contributed by atoms with van der Waals surface area (Å²) < 4.78 is 16.7. The van der Waals surface area contributed by atoms with E-state index in [-0.39, 0.29) is 19.1 Å². The average molecular weight is 465 g/mol. The zero-order valence-electron chi connectivity index (χ0n) is 20.0. The number of nitrogens with zero attached hydrogens (tertiary/aromatic N) is 3. The predicted molar refractivity (Wildman–Crippen MR) is 133 cm³/mol. The number of amides is 1. The summed E-state index contributed by atoms with van der Waals surface area (Å²) in [5.41, 5.74) is 2.76. The third-order valence-electron chi connectivity index (χ3n) is 5.09. The standard InChI is InChI=1S/C26H32N4O4/c1-4-30(5-2)21-8-7-9-23(18-21)34-19-25(31)27-16-17-33-26-15-14-24(28-29-26)20-10-12-22(13-11-20)32-6-3/h7-15,18H,4-6,16-17,19H2,1-3H3,(H,27,31). The van der Waals surface area contributed by atoms with Crippen LogP contribution in [0.5, 0.6) is 17.4 Å². The quantitative estimate of drug-likeness (QED) is 0.383. The van der Waals surface area contributed by atoms with E-state index < -0.39 is 0 Å². The van der Waals surface area contributed by atoms with Gasteiger partial charge in [-0.2, -0.15) is 0 Å². The lowest BCUT2D eigenvalue weighted by atomic mass is 10.1. The molecule has 0 aliphatic carbocycles. The average Bonchev–Trinajstić information content (AvgIpc) is 2.87. The van der Waals surface area contributed by atoms with Crippen LogP contribution in [-0.2, 0) is 4.79 Å². The minimum absolute atomic E-state index is 0.0573. The summed E-state index contributed by atoms with van der Waals surface area (Å²) in [4.78, 5) is 14.3. The largest absolute Gasteiger partial charge is 0.494 e. The van der Waals surface area contributed by atoms with E-state index in [0.717, 1.165) is 35.8 Å². The Hall–Kier alpha value is -3.81. The molecule has 0 radical (unpaired) electrons. The highest BCUT2D eigenvalue weighted by Crippen LogP contribution is 2.22. The number of hydrogen-bond donors (Lipinski definition) is 1. The van der Waals surface area contributed by atoms with Gasteiger partial charge >= 0.3 is 0 Å². The molecule has 0 aliphatic heterocycles. The van der Waals surface area contributed by atoms with Gasteiger partial charge in [-0.15, -0.1) is 10.2 Å². The fourth-order valence-corrected chi connectivity index (χ4v) is 3.34. The van der Waals surface area contributed by atoms with E-state index in [2.05, 4.69) is 34.3 Å². The van der Waals surface area contributed by atoms with Crippen LogP contribution in [0.1, 0.15) is 20.8 Å². The molecule has 0 unspecified atom stereocenters. The Morgan fingerprint density at radius 1 is 0.882 bits per heavy atom. The molecule has 1 aromatic heterocycles. The van der Waals surface area contributed by atoms with E-state index in [9.17, 15) is 4.79 Å².